The van der Waals surface area contributed by atoms with Crippen molar-refractivity contribution in [1.82, 2.24) is 0 Å². The van der Waals surface area contributed by atoms with Crippen LogP contribution in [0.25, 0.3) is 0 Å². The summed E-state index contributed by atoms with van der Waals surface area (Å²) in [5.74, 6) is -0.685. The van der Waals surface area contributed by atoms with E-state index in [0.717, 1.165) is 32.1 Å². The first-order valence-corrected chi connectivity index (χ1v) is 11.3. The van der Waals surface area contributed by atoms with E-state index in [0.29, 0.717) is 12.8 Å². The molecular formula is C22H42O6. The highest BCUT2D eigenvalue weighted by atomic mass is 16.7. The number of carboxylic acids is 1. The molecule has 0 saturated carbocycles. The highest BCUT2D eigenvalue weighted by molar-refractivity contribution is 5.66. The van der Waals surface area contributed by atoms with E-state index in [1.54, 1.807) is 6.92 Å². The molecule has 0 aromatic carbocycles. The molecule has 6 heteroatoms. The second-order valence-electron chi connectivity index (χ2n) is 8.35. The van der Waals surface area contributed by atoms with Gasteiger partial charge in [0.25, 0.3) is 0 Å². The number of aliphatic carboxylic acids is 1. The number of carboxylic acid groups (broad SMARTS) is 1. The van der Waals surface area contributed by atoms with Gasteiger partial charge in [-0.15, -0.1) is 0 Å². The summed E-state index contributed by atoms with van der Waals surface area (Å²) in [4.78, 5) is 10.4. The average molecular weight is 403 g/mol. The Morgan fingerprint density at radius 3 is 1.96 bits per heavy atom. The summed E-state index contributed by atoms with van der Waals surface area (Å²) in [6.45, 7) is 3.82. The van der Waals surface area contributed by atoms with Crippen molar-refractivity contribution in [1.29, 1.82) is 0 Å². The van der Waals surface area contributed by atoms with E-state index in [1.165, 1.54) is 44.9 Å². The van der Waals surface area contributed by atoms with Crippen molar-refractivity contribution >= 4 is 5.97 Å². The number of aliphatic hydroxyl groups is 2. The Labute approximate surface area is 170 Å². The van der Waals surface area contributed by atoms with Crippen LogP contribution in [-0.4, -0.2) is 52.0 Å². The third-order valence-corrected chi connectivity index (χ3v) is 5.56. The predicted molar refractivity (Wildman–Crippen MR) is 109 cm³/mol. The van der Waals surface area contributed by atoms with Crippen molar-refractivity contribution in [3.8, 4) is 0 Å². The number of ether oxygens (including phenoxy) is 2. The molecule has 0 radical (unpaired) electrons. The minimum atomic E-state index is -0.759. The Hall–Kier alpha value is -0.690. The second kappa shape index (κ2) is 15.2. The number of carbonyl (C=O) groups is 1. The topological polar surface area (TPSA) is 96.2 Å². The minimum Gasteiger partial charge on any atom is -0.481 e. The van der Waals surface area contributed by atoms with Crippen molar-refractivity contribution < 1.29 is 29.6 Å². The van der Waals surface area contributed by atoms with E-state index in [-0.39, 0.29) is 12.2 Å². The first-order valence-electron chi connectivity index (χ1n) is 11.3. The monoisotopic (exact) mass is 402 g/mol. The summed E-state index contributed by atoms with van der Waals surface area (Å²) in [6.07, 6.45) is 12.2. The van der Waals surface area contributed by atoms with E-state index in [9.17, 15) is 15.0 Å². The maximum atomic E-state index is 10.4. The Morgan fingerprint density at radius 1 is 0.929 bits per heavy atom. The second-order valence-corrected chi connectivity index (χ2v) is 8.35. The molecule has 0 spiro atoms. The number of hydrogen-bond acceptors (Lipinski definition) is 5. The molecule has 1 rings (SSSR count). The summed E-state index contributed by atoms with van der Waals surface area (Å²) >= 11 is 0. The van der Waals surface area contributed by atoms with Crippen LogP contribution in [0.5, 0.6) is 0 Å². The van der Waals surface area contributed by atoms with Crippen LogP contribution in [0.15, 0.2) is 0 Å². The van der Waals surface area contributed by atoms with E-state index < -0.39 is 24.5 Å². The van der Waals surface area contributed by atoms with E-state index in [1.807, 2.05) is 6.92 Å². The summed E-state index contributed by atoms with van der Waals surface area (Å²) in [6, 6.07) is 0. The number of aliphatic hydroxyl groups excluding tert-OH is 2. The zero-order valence-electron chi connectivity index (χ0n) is 17.9. The Balaban J connectivity index is 1.88. The van der Waals surface area contributed by atoms with Crippen molar-refractivity contribution in [2.75, 3.05) is 0 Å². The van der Waals surface area contributed by atoms with Crippen LogP contribution in [0.2, 0.25) is 0 Å². The third kappa shape index (κ3) is 12.0. The number of unbranched alkanes of at least 4 members (excludes halogenated alkanes) is 10. The third-order valence-electron chi connectivity index (χ3n) is 5.56. The van der Waals surface area contributed by atoms with Gasteiger partial charge in [-0.25, -0.2) is 0 Å². The lowest BCUT2D eigenvalue weighted by molar-refractivity contribution is -0.273. The molecule has 1 aliphatic heterocycles. The maximum absolute atomic E-state index is 10.4. The van der Waals surface area contributed by atoms with Crippen LogP contribution in [0.1, 0.15) is 104 Å². The van der Waals surface area contributed by atoms with Crippen LogP contribution in [0.4, 0.5) is 0 Å². The minimum absolute atomic E-state index is 0.0446. The Kier molecular flexibility index (Phi) is 13.8. The lowest BCUT2D eigenvalue weighted by Gasteiger charge is -2.36. The average Bonchev–Trinajstić information content (AvgIpc) is 2.63. The first-order chi connectivity index (χ1) is 13.4. The molecule has 3 N–H and O–H groups in total. The van der Waals surface area contributed by atoms with E-state index in [2.05, 4.69) is 0 Å². The Morgan fingerprint density at radius 2 is 1.43 bits per heavy atom. The fourth-order valence-electron chi connectivity index (χ4n) is 3.66. The van der Waals surface area contributed by atoms with Crippen LogP contribution < -0.4 is 0 Å². The van der Waals surface area contributed by atoms with Crippen LogP contribution in [-0.2, 0) is 14.3 Å². The molecule has 166 valence electrons. The fraction of sp³-hybridized carbons (Fsp3) is 0.955. The molecule has 0 aromatic heterocycles. The van der Waals surface area contributed by atoms with Gasteiger partial charge in [-0.1, -0.05) is 64.2 Å². The van der Waals surface area contributed by atoms with Gasteiger partial charge in [0, 0.05) is 12.8 Å². The standard InChI is InChI=1S/C22H42O6/c1-17(27-22-20(24)16-19(23)18(2)28-22)14-12-10-8-6-4-3-5-7-9-11-13-15-21(25)26/h17-20,22-24H,3-16H2,1-2H3,(H,25,26)/t17-,18+,19-,20-,22-/m1/s1. The van der Waals surface area contributed by atoms with Gasteiger partial charge in [-0.05, 0) is 26.7 Å². The molecule has 0 amide bonds. The SMILES string of the molecule is C[C@H](CCCCCCCCCCCCCC(=O)O)O[C@@H]1O[C@@H](C)[C@H](O)C[C@H]1O. The van der Waals surface area contributed by atoms with Crippen molar-refractivity contribution in [3.63, 3.8) is 0 Å². The summed E-state index contributed by atoms with van der Waals surface area (Å²) in [5, 5.41) is 28.2. The molecule has 0 unspecified atom stereocenters. The van der Waals surface area contributed by atoms with Gasteiger partial charge in [0.15, 0.2) is 6.29 Å². The lowest BCUT2D eigenvalue weighted by atomic mass is 10.0. The summed E-state index contributed by atoms with van der Waals surface area (Å²) in [7, 11) is 0. The van der Waals surface area contributed by atoms with Crippen molar-refractivity contribution in [2.45, 2.75) is 134 Å². The van der Waals surface area contributed by atoms with Gasteiger partial charge >= 0.3 is 5.97 Å². The van der Waals surface area contributed by atoms with E-state index >= 15 is 0 Å². The Bertz CT molecular complexity index is 402. The molecule has 1 saturated heterocycles. The molecule has 1 fully saturated rings. The molecule has 28 heavy (non-hydrogen) atoms. The van der Waals surface area contributed by atoms with Gasteiger partial charge in [-0.3, -0.25) is 4.79 Å². The molecule has 5 atom stereocenters. The zero-order valence-corrected chi connectivity index (χ0v) is 17.9. The molecule has 0 bridgehead atoms. The maximum Gasteiger partial charge on any atom is 0.303 e. The van der Waals surface area contributed by atoms with E-state index in [4.69, 9.17) is 14.6 Å². The van der Waals surface area contributed by atoms with Gasteiger partial charge < -0.3 is 24.8 Å². The van der Waals surface area contributed by atoms with Gasteiger partial charge in [0.1, 0.15) is 6.10 Å². The number of hydrogen-bond donors (Lipinski definition) is 3. The largest absolute Gasteiger partial charge is 0.481 e. The van der Waals surface area contributed by atoms with Crippen LogP contribution >= 0.6 is 0 Å². The van der Waals surface area contributed by atoms with Gasteiger partial charge in [0.2, 0.25) is 0 Å². The van der Waals surface area contributed by atoms with Crippen LogP contribution in [0.3, 0.4) is 0 Å². The quantitative estimate of drug-likeness (QED) is 0.331. The first kappa shape index (κ1) is 25.3. The lowest BCUT2D eigenvalue weighted by Crippen LogP contribution is -2.48. The molecule has 1 aliphatic rings. The molecule has 0 aromatic rings. The molecule has 1 heterocycles. The molecular weight excluding hydrogens is 360 g/mol. The number of rotatable bonds is 16. The predicted octanol–water partition coefficient (Wildman–Crippen LogP) is 4.40. The molecule has 0 aliphatic carbocycles. The van der Waals surface area contributed by atoms with Gasteiger partial charge in [0.05, 0.1) is 18.3 Å². The highest BCUT2D eigenvalue weighted by Gasteiger charge is 2.35. The normalized spacial score (nSPS) is 26.3. The smallest absolute Gasteiger partial charge is 0.303 e. The van der Waals surface area contributed by atoms with Crippen LogP contribution in [0, 0.1) is 0 Å². The molecule has 6 nitrogen and oxygen atoms in total. The van der Waals surface area contributed by atoms with Gasteiger partial charge in [-0.2, -0.15) is 0 Å². The summed E-state index contributed by atoms with van der Waals surface area (Å²) < 4.78 is 11.4. The zero-order chi connectivity index (χ0) is 20.8. The van der Waals surface area contributed by atoms with Crippen molar-refractivity contribution in [3.05, 3.63) is 0 Å². The summed E-state index contributed by atoms with van der Waals surface area (Å²) in [5.41, 5.74) is 0. The van der Waals surface area contributed by atoms with Crippen molar-refractivity contribution in [2.24, 2.45) is 0 Å². The highest BCUT2D eigenvalue weighted by Crippen LogP contribution is 2.23. The fourth-order valence-corrected chi connectivity index (χ4v) is 3.66.